The van der Waals surface area contributed by atoms with Crippen molar-refractivity contribution in [2.24, 2.45) is 0 Å². The number of nitrogens with one attached hydrogen (secondary N) is 2. The zero-order chi connectivity index (χ0) is 21.8. The highest BCUT2D eigenvalue weighted by Crippen LogP contribution is 2.29. The number of benzene rings is 2. The molecule has 0 saturated heterocycles. The lowest BCUT2D eigenvalue weighted by Gasteiger charge is -2.13. The van der Waals surface area contributed by atoms with E-state index < -0.39 is 20.0 Å². The fourth-order valence-electron chi connectivity index (χ4n) is 2.41. The molecule has 9 nitrogen and oxygen atoms in total. The first-order valence-electron chi connectivity index (χ1n) is 8.56. The van der Waals surface area contributed by atoms with E-state index in [-0.39, 0.29) is 27.2 Å². The normalized spacial score (nSPS) is 11.7. The van der Waals surface area contributed by atoms with Gasteiger partial charge in [0.25, 0.3) is 20.0 Å². The van der Waals surface area contributed by atoms with Gasteiger partial charge in [-0.05, 0) is 55.5 Å². The maximum atomic E-state index is 12.8. The van der Waals surface area contributed by atoms with Crippen molar-refractivity contribution >= 4 is 47.6 Å². The standard InChI is InChI=1S/C18H17BrN4O5S2/c1-2-28-16-9-4-13(19)12-17(16)30(26,27)22-14-5-7-15(8-6-14)29(24,25)23-18-20-10-3-11-21-18/h3-12,22H,2H2,1H3,(H,20,21,23). The summed E-state index contributed by atoms with van der Waals surface area (Å²) in [4.78, 5) is 7.50. The summed E-state index contributed by atoms with van der Waals surface area (Å²) in [5.74, 6) is 0.139. The van der Waals surface area contributed by atoms with Crippen LogP contribution in [-0.2, 0) is 20.0 Å². The number of anilines is 2. The smallest absolute Gasteiger partial charge is 0.265 e. The molecule has 1 aromatic heterocycles. The zero-order valence-corrected chi connectivity index (χ0v) is 18.8. The minimum atomic E-state index is -3.98. The molecule has 0 unspecified atom stereocenters. The topological polar surface area (TPSA) is 127 Å². The molecule has 2 N–H and O–H groups in total. The molecule has 0 spiro atoms. The Morgan fingerprint density at radius 1 is 0.933 bits per heavy atom. The van der Waals surface area contributed by atoms with Crippen LogP contribution in [-0.4, -0.2) is 33.4 Å². The summed E-state index contributed by atoms with van der Waals surface area (Å²) in [7, 11) is -7.90. The van der Waals surface area contributed by atoms with Crippen LogP contribution in [0, 0.1) is 0 Å². The Hall–Kier alpha value is -2.70. The van der Waals surface area contributed by atoms with Gasteiger partial charge in [-0.25, -0.2) is 31.5 Å². The van der Waals surface area contributed by atoms with Crippen LogP contribution in [0.2, 0.25) is 0 Å². The molecule has 0 aliphatic heterocycles. The Kier molecular flexibility index (Phi) is 6.58. The number of hydrogen-bond donors (Lipinski definition) is 2. The first kappa shape index (κ1) is 22.0. The summed E-state index contributed by atoms with van der Waals surface area (Å²) in [5.41, 5.74) is 0.187. The van der Waals surface area contributed by atoms with Gasteiger partial charge in [0.05, 0.1) is 11.5 Å². The lowest BCUT2D eigenvalue weighted by Crippen LogP contribution is -2.16. The van der Waals surface area contributed by atoms with Gasteiger partial charge in [0.1, 0.15) is 10.6 Å². The monoisotopic (exact) mass is 512 g/mol. The van der Waals surface area contributed by atoms with E-state index >= 15 is 0 Å². The van der Waals surface area contributed by atoms with Crippen LogP contribution in [0.5, 0.6) is 5.75 Å². The third kappa shape index (κ3) is 5.26. The van der Waals surface area contributed by atoms with Crippen molar-refractivity contribution in [3.63, 3.8) is 0 Å². The minimum absolute atomic E-state index is 0.0432. The average molecular weight is 513 g/mol. The highest BCUT2D eigenvalue weighted by atomic mass is 79.9. The van der Waals surface area contributed by atoms with Crippen molar-refractivity contribution in [2.75, 3.05) is 16.1 Å². The molecule has 0 atom stereocenters. The van der Waals surface area contributed by atoms with E-state index in [0.717, 1.165) is 0 Å². The fourth-order valence-corrected chi connectivity index (χ4v) is 5.11. The highest BCUT2D eigenvalue weighted by Gasteiger charge is 2.21. The van der Waals surface area contributed by atoms with Gasteiger partial charge in [-0.2, -0.15) is 0 Å². The van der Waals surface area contributed by atoms with Gasteiger partial charge in [0.2, 0.25) is 5.95 Å². The van der Waals surface area contributed by atoms with E-state index in [9.17, 15) is 16.8 Å². The van der Waals surface area contributed by atoms with Crippen LogP contribution in [0.3, 0.4) is 0 Å². The van der Waals surface area contributed by atoms with Crippen LogP contribution in [0.25, 0.3) is 0 Å². The summed E-state index contributed by atoms with van der Waals surface area (Å²) in [6.07, 6.45) is 2.81. The molecule has 3 aromatic rings. The Balaban J connectivity index is 1.83. The van der Waals surface area contributed by atoms with E-state index in [0.29, 0.717) is 11.1 Å². The number of aromatic nitrogens is 2. The predicted molar refractivity (Wildman–Crippen MR) is 115 cm³/mol. The molecule has 0 fully saturated rings. The minimum Gasteiger partial charge on any atom is -0.492 e. The Labute approximate surface area is 182 Å². The van der Waals surface area contributed by atoms with Crippen molar-refractivity contribution in [3.05, 3.63) is 65.4 Å². The van der Waals surface area contributed by atoms with Crippen molar-refractivity contribution in [1.29, 1.82) is 0 Å². The molecule has 0 amide bonds. The van der Waals surface area contributed by atoms with Gasteiger partial charge in [0, 0.05) is 22.6 Å². The van der Waals surface area contributed by atoms with Crippen LogP contribution < -0.4 is 14.2 Å². The van der Waals surface area contributed by atoms with Crippen molar-refractivity contribution in [3.8, 4) is 5.75 Å². The summed E-state index contributed by atoms with van der Waals surface area (Å²) >= 11 is 3.25. The maximum absolute atomic E-state index is 12.8. The SMILES string of the molecule is CCOc1ccc(Br)cc1S(=O)(=O)Nc1ccc(S(=O)(=O)Nc2ncccn2)cc1. The van der Waals surface area contributed by atoms with Crippen molar-refractivity contribution in [2.45, 2.75) is 16.7 Å². The summed E-state index contributed by atoms with van der Waals surface area (Å²) in [5, 5.41) is 0. The summed E-state index contributed by atoms with van der Waals surface area (Å²) < 4.78 is 61.1. The third-order valence-corrected chi connectivity index (χ3v) is 6.94. The second kappa shape index (κ2) is 8.98. The molecule has 30 heavy (non-hydrogen) atoms. The lowest BCUT2D eigenvalue weighted by atomic mass is 10.3. The van der Waals surface area contributed by atoms with E-state index in [1.165, 1.54) is 42.7 Å². The second-order valence-electron chi connectivity index (χ2n) is 5.83. The molecule has 3 rings (SSSR count). The fraction of sp³-hybridized carbons (Fsp3) is 0.111. The number of hydrogen-bond acceptors (Lipinski definition) is 7. The summed E-state index contributed by atoms with van der Waals surface area (Å²) in [6, 6.07) is 11.4. The second-order valence-corrected chi connectivity index (χ2v) is 10.1. The first-order valence-corrected chi connectivity index (χ1v) is 12.3. The van der Waals surface area contributed by atoms with Crippen molar-refractivity contribution in [1.82, 2.24) is 9.97 Å². The van der Waals surface area contributed by atoms with Gasteiger partial charge in [-0.1, -0.05) is 15.9 Å². The molecular weight excluding hydrogens is 496 g/mol. The van der Waals surface area contributed by atoms with Crippen LogP contribution in [0.15, 0.2) is 75.2 Å². The summed E-state index contributed by atoms with van der Waals surface area (Å²) in [6.45, 7) is 2.05. The molecule has 0 bridgehead atoms. The number of sulfonamides is 2. The average Bonchev–Trinajstić information content (AvgIpc) is 2.70. The van der Waals surface area contributed by atoms with Gasteiger partial charge in [-0.3, -0.25) is 4.72 Å². The third-order valence-electron chi connectivity index (χ3n) is 3.70. The van der Waals surface area contributed by atoms with E-state index in [4.69, 9.17) is 4.74 Å². The Morgan fingerprint density at radius 2 is 1.60 bits per heavy atom. The highest BCUT2D eigenvalue weighted by molar-refractivity contribution is 9.10. The molecule has 0 saturated carbocycles. The molecule has 1 heterocycles. The van der Waals surface area contributed by atoms with Crippen LogP contribution >= 0.6 is 15.9 Å². The lowest BCUT2D eigenvalue weighted by molar-refractivity contribution is 0.331. The molecule has 12 heteroatoms. The van der Waals surface area contributed by atoms with Gasteiger partial charge >= 0.3 is 0 Å². The molecule has 0 aliphatic rings. The molecular formula is C18H17BrN4O5S2. The van der Waals surface area contributed by atoms with E-state index in [1.54, 1.807) is 25.1 Å². The molecule has 2 aromatic carbocycles. The van der Waals surface area contributed by atoms with E-state index in [1.807, 2.05) is 0 Å². The molecule has 158 valence electrons. The van der Waals surface area contributed by atoms with Gasteiger partial charge < -0.3 is 4.74 Å². The number of rotatable bonds is 8. The van der Waals surface area contributed by atoms with Crippen LogP contribution in [0.4, 0.5) is 11.6 Å². The Bertz CT molecular complexity index is 1240. The van der Waals surface area contributed by atoms with Crippen LogP contribution in [0.1, 0.15) is 6.92 Å². The maximum Gasteiger partial charge on any atom is 0.265 e. The van der Waals surface area contributed by atoms with Gasteiger partial charge in [0.15, 0.2) is 0 Å². The number of ether oxygens (including phenoxy) is 1. The molecule has 0 aliphatic carbocycles. The van der Waals surface area contributed by atoms with Crippen molar-refractivity contribution < 1.29 is 21.6 Å². The quantitative estimate of drug-likeness (QED) is 0.474. The first-order chi connectivity index (χ1) is 14.2. The molecule has 0 radical (unpaired) electrons. The van der Waals surface area contributed by atoms with E-state index in [2.05, 4.69) is 35.3 Å². The number of halogens is 1. The largest absolute Gasteiger partial charge is 0.492 e. The van der Waals surface area contributed by atoms with Gasteiger partial charge in [-0.15, -0.1) is 0 Å². The predicted octanol–water partition coefficient (Wildman–Crippen LogP) is 3.24. The number of nitrogens with zero attached hydrogens (tertiary/aromatic N) is 2. The zero-order valence-electron chi connectivity index (χ0n) is 15.6. The Morgan fingerprint density at radius 3 is 2.23 bits per heavy atom.